The fourth-order valence-electron chi connectivity index (χ4n) is 2.46. The van der Waals surface area contributed by atoms with Crippen LogP contribution in [0.2, 0.25) is 0 Å². The van der Waals surface area contributed by atoms with E-state index >= 15 is 0 Å². The lowest BCUT2D eigenvalue weighted by molar-refractivity contribution is -0.121. The number of fused-ring (bicyclic) bond motifs is 1. The van der Waals surface area contributed by atoms with Gasteiger partial charge in [0.25, 0.3) is 5.91 Å². The van der Waals surface area contributed by atoms with Crippen molar-refractivity contribution in [2.45, 2.75) is 25.8 Å². The molecule has 0 spiro atoms. The van der Waals surface area contributed by atoms with Gasteiger partial charge in [0.15, 0.2) is 0 Å². The lowest BCUT2D eigenvalue weighted by Crippen LogP contribution is -2.33. The summed E-state index contributed by atoms with van der Waals surface area (Å²) in [5.41, 5.74) is 5.92. The van der Waals surface area contributed by atoms with Crippen LogP contribution in [0.5, 0.6) is 0 Å². The van der Waals surface area contributed by atoms with Crippen molar-refractivity contribution >= 4 is 23.2 Å². The minimum absolute atomic E-state index is 0.150. The summed E-state index contributed by atoms with van der Waals surface area (Å²) in [6, 6.07) is 5.93. The summed E-state index contributed by atoms with van der Waals surface area (Å²) in [5.74, 6) is -0.396. The zero-order chi connectivity index (χ0) is 13.9. The highest BCUT2D eigenvalue weighted by Crippen LogP contribution is 2.23. The van der Waals surface area contributed by atoms with Crippen LogP contribution in [-0.2, 0) is 22.6 Å². The van der Waals surface area contributed by atoms with E-state index in [1.807, 2.05) is 12.1 Å². The average Bonchev–Trinajstić information content (AvgIpc) is 2.48. The van der Waals surface area contributed by atoms with Crippen LogP contribution in [0.25, 0.3) is 0 Å². The van der Waals surface area contributed by atoms with Gasteiger partial charge >= 0.3 is 0 Å². The Labute approximate surface area is 116 Å². The van der Waals surface area contributed by atoms with Gasteiger partial charge in [0.2, 0.25) is 5.91 Å². The van der Waals surface area contributed by atoms with Gasteiger partial charge in [-0.15, -0.1) is 0 Å². The van der Waals surface area contributed by atoms with E-state index < -0.39 is 0 Å². The van der Waals surface area contributed by atoms with Gasteiger partial charge in [-0.1, -0.05) is 12.1 Å². The molecule has 0 fully saturated rings. The molecule has 0 unspecified atom stereocenters. The largest absolute Gasteiger partial charge is 0.321 e. The van der Waals surface area contributed by atoms with E-state index in [1.54, 1.807) is 0 Å². The predicted molar refractivity (Wildman–Crippen MR) is 75.3 cm³/mol. The van der Waals surface area contributed by atoms with E-state index in [0.29, 0.717) is 18.6 Å². The molecule has 6 heteroatoms. The van der Waals surface area contributed by atoms with Gasteiger partial charge < -0.3 is 10.6 Å². The summed E-state index contributed by atoms with van der Waals surface area (Å²) in [6.45, 7) is 1.72. The van der Waals surface area contributed by atoms with Crippen molar-refractivity contribution in [2.24, 2.45) is 5.10 Å². The Bertz CT molecular complexity index is 595. The minimum Gasteiger partial charge on any atom is -0.321 e. The number of benzene rings is 1. The molecule has 2 aliphatic rings. The molecule has 1 aromatic carbocycles. The second-order valence-corrected chi connectivity index (χ2v) is 4.92. The molecule has 0 aromatic heterocycles. The smallest absolute Gasteiger partial charge is 0.271 e. The Hall–Kier alpha value is -2.21. The Morgan fingerprint density at radius 3 is 2.95 bits per heavy atom. The van der Waals surface area contributed by atoms with Crippen LogP contribution in [0.15, 0.2) is 23.3 Å². The molecule has 3 N–H and O–H groups in total. The summed E-state index contributed by atoms with van der Waals surface area (Å²) < 4.78 is 0. The van der Waals surface area contributed by atoms with Crippen molar-refractivity contribution in [3.8, 4) is 0 Å². The van der Waals surface area contributed by atoms with E-state index in [-0.39, 0.29) is 11.8 Å². The lowest BCUT2D eigenvalue weighted by Gasteiger charge is -2.21. The van der Waals surface area contributed by atoms with Crippen LogP contribution in [0.3, 0.4) is 0 Å². The number of nitrogens with zero attached hydrogens (tertiary/aromatic N) is 1. The Balaban J connectivity index is 1.78. The topological polar surface area (TPSA) is 82.6 Å². The normalized spacial score (nSPS) is 17.8. The third kappa shape index (κ3) is 2.55. The van der Waals surface area contributed by atoms with Crippen molar-refractivity contribution in [1.29, 1.82) is 0 Å². The van der Waals surface area contributed by atoms with E-state index in [9.17, 15) is 9.59 Å². The number of carbonyl (C=O) groups is 2. The number of hydrogen-bond donors (Lipinski definition) is 3. The van der Waals surface area contributed by atoms with Crippen LogP contribution >= 0.6 is 0 Å². The maximum Gasteiger partial charge on any atom is 0.271 e. The maximum atomic E-state index is 12.1. The molecule has 3 rings (SSSR count). The molecule has 2 amide bonds. The monoisotopic (exact) mass is 272 g/mol. The number of rotatable bonds is 2. The molecule has 0 saturated heterocycles. The van der Waals surface area contributed by atoms with Crippen LogP contribution < -0.4 is 16.1 Å². The fourth-order valence-corrected chi connectivity index (χ4v) is 2.46. The van der Waals surface area contributed by atoms with Crippen molar-refractivity contribution in [3.05, 3.63) is 29.3 Å². The highest BCUT2D eigenvalue weighted by Gasteiger charge is 2.20. The van der Waals surface area contributed by atoms with Gasteiger partial charge in [0.05, 0.1) is 0 Å². The third-order valence-electron chi connectivity index (χ3n) is 3.56. The second-order valence-electron chi connectivity index (χ2n) is 4.92. The molecular weight excluding hydrogens is 256 g/mol. The van der Waals surface area contributed by atoms with Crippen LogP contribution in [0.4, 0.5) is 5.69 Å². The molecule has 2 heterocycles. The van der Waals surface area contributed by atoms with Gasteiger partial charge in [-0.05, 0) is 30.2 Å². The highest BCUT2D eigenvalue weighted by molar-refractivity contribution is 6.43. The first-order chi connectivity index (χ1) is 9.74. The molecular formula is C14H16N4O2. The standard InChI is InChI=1S/C14H16N4O2/c19-13-5-4-12(17-18-13)14(20)16-11-3-1-2-9-6-7-15-8-10(9)11/h1-3,15H,4-8H2,(H,16,20)(H,18,19). The first-order valence-electron chi connectivity index (χ1n) is 6.72. The van der Waals surface area contributed by atoms with Crippen LogP contribution in [-0.4, -0.2) is 24.1 Å². The molecule has 1 aromatic rings. The second kappa shape index (κ2) is 5.42. The molecule has 0 radical (unpaired) electrons. The lowest BCUT2D eigenvalue weighted by atomic mass is 9.99. The fraction of sp³-hybridized carbons (Fsp3) is 0.357. The molecule has 6 nitrogen and oxygen atoms in total. The molecule has 20 heavy (non-hydrogen) atoms. The number of hydrogen-bond acceptors (Lipinski definition) is 4. The van der Waals surface area contributed by atoms with Crippen molar-refractivity contribution in [2.75, 3.05) is 11.9 Å². The summed E-state index contributed by atoms with van der Waals surface area (Å²) in [4.78, 5) is 23.2. The molecule has 0 aliphatic carbocycles. The van der Waals surface area contributed by atoms with Crippen molar-refractivity contribution in [1.82, 2.24) is 10.7 Å². The van der Waals surface area contributed by atoms with E-state index in [1.165, 1.54) is 5.56 Å². The zero-order valence-corrected chi connectivity index (χ0v) is 11.0. The van der Waals surface area contributed by atoms with Crippen LogP contribution in [0, 0.1) is 0 Å². The quantitative estimate of drug-likeness (QED) is 0.734. The SMILES string of the molecule is O=C1CCC(C(=O)Nc2cccc3c2CNCC3)=NN1. The first kappa shape index (κ1) is 12.8. The maximum absolute atomic E-state index is 12.1. The van der Waals surface area contributed by atoms with Gasteiger partial charge in [-0.25, -0.2) is 5.43 Å². The summed E-state index contributed by atoms with van der Waals surface area (Å²) >= 11 is 0. The highest BCUT2D eigenvalue weighted by atomic mass is 16.2. The number of anilines is 1. The number of nitrogens with one attached hydrogen (secondary N) is 3. The Morgan fingerprint density at radius 1 is 1.25 bits per heavy atom. The first-order valence-corrected chi connectivity index (χ1v) is 6.72. The van der Waals surface area contributed by atoms with Gasteiger partial charge in [-0.2, -0.15) is 5.10 Å². The van der Waals surface area contributed by atoms with Gasteiger partial charge in [-0.3, -0.25) is 9.59 Å². The predicted octanol–water partition coefficient (Wildman–Crippen LogP) is 0.537. The van der Waals surface area contributed by atoms with E-state index in [0.717, 1.165) is 30.8 Å². The minimum atomic E-state index is -0.246. The van der Waals surface area contributed by atoms with Gasteiger partial charge in [0, 0.05) is 25.1 Å². The third-order valence-corrected chi connectivity index (χ3v) is 3.56. The van der Waals surface area contributed by atoms with E-state index in [4.69, 9.17) is 0 Å². The van der Waals surface area contributed by atoms with Crippen molar-refractivity contribution < 1.29 is 9.59 Å². The summed E-state index contributed by atoms with van der Waals surface area (Å²) in [7, 11) is 0. The van der Waals surface area contributed by atoms with Crippen molar-refractivity contribution in [3.63, 3.8) is 0 Å². The number of carbonyl (C=O) groups excluding carboxylic acids is 2. The molecule has 0 saturated carbocycles. The molecule has 104 valence electrons. The molecule has 0 atom stereocenters. The zero-order valence-electron chi connectivity index (χ0n) is 11.0. The Kier molecular flexibility index (Phi) is 3.47. The van der Waals surface area contributed by atoms with Gasteiger partial charge in [0.1, 0.15) is 5.71 Å². The van der Waals surface area contributed by atoms with Crippen LogP contribution in [0.1, 0.15) is 24.0 Å². The molecule has 0 bridgehead atoms. The average molecular weight is 272 g/mol. The summed E-state index contributed by atoms with van der Waals surface area (Å²) in [5, 5.41) is 10.0. The molecule has 2 aliphatic heterocycles. The number of amides is 2. The Morgan fingerprint density at radius 2 is 2.15 bits per heavy atom. The summed E-state index contributed by atoms with van der Waals surface area (Å²) in [6.07, 6.45) is 1.65. The number of hydrazone groups is 1. The van der Waals surface area contributed by atoms with E-state index in [2.05, 4.69) is 27.2 Å².